The van der Waals surface area contributed by atoms with E-state index in [0.29, 0.717) is 11.7 Å². The van der Waals surface area contributed by atoms with Gasteiger partial charge in [0.2, 0.25) is 0 Å². The molecule has 15 heavy (non-hydrogen) atoms. The van der Waals surface area contributed by atoms with Crippen LogP contribution < -0.4 is 5.84 Å². The molecule has 1 unspecified atom stereocenters. The predicted molar refractivity (Wildman–Crippen MR) is 60.1 cm³/mol. The van der Waals surface area contributed by atoms with Crippen LogP contribution in [0.4, 0.5) is 0 Å². The Morgan fingerprint density at radius 2 is 1.67 bits per heavy atom. The first-order valence-electron chi connectivity index (χ1n) is 6.34. The van der Waals surface area contributed by atoms with Crippen molar-refractivity contribution < 1.29 is 4.79 Å². The van der Waals surface area contributed by atoms with E-state index in [-0.39, 0.29) is 6.04 Å². The van der Waals surface area contributed by atoms with E-state index in [0.717, 1.165) is 38.6 Å². The van der Waals surface area contributed by atoms with Crippen LogP contribution in [0.1, 0.15) is 51.4 Å². The average molecular weight is 210 g/mol. The molecule has 0 bridgehead atoms. The summed E-state index contributed by atoms with van der Waals surface area (Å²) in [5, 5.41) is 1.78. The third kappa shape index (κ3) is 2.58. The molecule has 0 aromatic rings. The largest absolute Gasteiger partial charge is 0.298 e. The Labute approximate surface area is 92.0 Å². The molecule has 86 valence electrons. The molecular formula is C12H22N2O. The van der Waals surface area contributed by atoms with Crippen molar-refractivity contribution in [3.05, 3.63) is 0 Å². The molecule has 2 rings (SSSR count). The SMILES string of the molecule is NN1CCCCC1C(=O)C1CCCCC1. The van der Waals surface area contributed by atoms with Crippen LogP contribution in [0.2, 0.25) is 0 Å². The lowest BCUT2D eigenvalue weighted by Crippen LogP contribution is -2.50. The lowest BCUT2D eigenvalue weighted by atomic mass is 9.82. The first-order chi connectivity index (χ1) is 7.29. The van der Waals surface area contributed by atoms with Crippen molar-refractivity contribution in [2.45, 2.75) is 57.4 Å². The summed E-state index contributed by atoms with van der Waals surface area (Å²) >= 11 is 0. The van der Waals surface area contributed by atoms with Gasteiger partial charge in [-0.05, 0) is 25.7 Å². The lowest BCUT2D eigenvalue weighted by molar-refractivity contribution is -0.130. The molecule has 0 radical (unpaired) electrons. The van der Waals surface area contributed by atoms with Crippen molar-refractivity contribution >= 4 is 5.78 Å². The second-order valence-corrected chi connectivity index (χ2v) is 4.99. The van der Waals surface area contributed by atoms with E-state index in [1.165, 1.54) is 19.3 Å². The van der Waals surface area contributed by atoms with Gasteiger partial charge in [-0.1, -0.05) is 25.7 Å². The van der Waals surface area contributed by atoms with E-state index >= 15 is 0 Å². The number of nitrogens with two attached hydrogens (primary N) is 1. The highest BCUT2D eigenvalue weighted by molar-refractivity contribution is 5.86. The van der Waals surface area contributed by atoms with Crippen LogP contribution in [0, 0.1) is 5.92 Å². The highest BCUT2D eigenvalue weighted by atomic mass is 16.1. The number of carbonyl (C=O) groups is 1. The summed E-state index contributed by atoms with van der Waals surface area (Å²) in [6.45, 7) is 0.892. The molecule has 1 heterocycles. The summed E-state index contributed by atoms with van der Waals surface area (Å²) in [6, 6.07) is 0.0295. The number of hydrazine groups is 1. The van der Waals surface area contributed by atoms with Gasteiger partial charge in [0, 0.05) is 12.5 Å². The Hall–Kier alpha value is -0.410. The maximum atomic E-state index is 12.2. The van der Waals surface area contributed by atoms with Gasteiger partial charge in [-0.25, -0.2) is 5.01 Å². The molecular weight excluding hydrogens is 188 g/mol. The molecule has 3 heteroatoms. The Balaban J connectivity index is 1.92. The van der Waals surface area contributed by atoms with Crippen LogP contribution in [-0.2, 0) is 4.79 Å². The summed E-state index contributed by atoms with van der Waals surface area (Å²) < 4.78 is 0. The number of hydrogen-bond donors (Lipinski definition) is 1. The third-order valence-electron chi connectivity index (χ3n) is 3.88. The smallest absolute Gasteiger partial charge is 0.154 e. The Bertz CT molecular complexity index is 224. The normalized spacial score (nSPS) is 30.3. The minimum atomic E-state index is 0.0295. The minimum absolute atomic E-state index is 0.0295. The predicted octanol–water partition coefficient (Wildman–Crippen LogP) is 1.86. The standard InChI is InChI=1S/C12H22N2O/c13-14-9-5-4-8-11(14)12(15)10-6-2-1-3-7-10/h10-11H,1-9,13H2. The molecule has 0 aromatic carbocycles. The van der Waals surface area contributed by atoms with Crippen LogP contribution in [0.5, 0.6) is 0 Å². The Morgan fingerprint density at radius 3 is 2.33 bits per heavy atom. The van der Waals surface area contributed by atoms with E-state index < -0.39 is 0 Å². The van der Waals surface area contributed by atoms with Gasteiger partial charge < -0.3 is 0 Å². The van der Waals surface area contributed by atoms with E-state index in [9.17, 15) is 4.79 Å². The van der Waals surface area contributed by atoms with Gasteiger partial charge in [-0.2, -0.15) is 0 Å². The van der Waals surface area contributed by atoms with Crippen molar-refractivity contribution in [1.82, 2.24) is 5.01 Å². The second-order valence-electron chi connectivity index (χ2n) is 4.99. The monoisotopic (exact) mass is 210 g/mol. The van der Waals surface area contributed by atoms with Gasteiger partial charge in [0.05, 0.1) is 6.04 Å². The lowest BCUT2D eigenvalue weighted by Gasteiger charge is -2.34. The van der Waals surface area contributed by atoms with E-state index in [4.69, 9.17) is 5.84 Å². The molecule has 1 aliphatic heterocycles. The van der Waals surface area contributed by atoms with Crippen molar-refractivity contribution in [2.24, 2.45) is 11.8 Å². The summed E-state index contributed by atoms with van der Waals surface area (Å²) in [5.74, 6) is 6.64. The van der Waals surface area contributed by atoms with E-state index in [1.807, 2.05) is 0 Å². The van der Waals surface area contributed by atoms with Crippen LogP contribution in [0.3, 0.4) is 0 Å². The van der Waals surface area contributed by atoms with Crippen molar-refractivity contribution in [3.8, 4) is 0 Å². The molecule has 1 saturated heterocycles. The van der Waals surface area contributed by atoms with Crippen molar-refractivity contribution in [1.29, 1.82) is 0 Å². The highest BCUT2D eigenvalue weighted by Crippen LogP contribution is 2.28. The molecule has 3 nitrogen and oxygen atoms in total. The van der Waals surface area contributed by atoms with Gasteiger partial charge in [0.15, 0.2) is 5.78 Å². The quantitative estimate of drug-likeness (QED) is 0.708. The molecule has 0 aromatic heterocycles. The number of Topliss-reactive ketones (excluding diaryl/α,β-unsaturated/α-hetero) is 1. The van der Waals surface area contributed by atoms with Gasteiger partial charge in [-0.3, -0.25) is 10.6 Å². The van der Waals surface area contributed by atoms with Gasteiger partial charge >= 0.3 is 0 Å². The average Bonchev–Trinajstić information content (AvgIpc) is 2.30. The van der Waals surface area contributed by atoms with Crippen LogP contribution in [0.15, 0.2) is 0 Å². The third-order valence-corrected chi connectivity index (χ3v) is 3.88. The molecule has 1 saturated carbocycles. The number of rotatable bonds is 2. The molecule has 2 aliphatic rings. The fraction of sp³-hybridized carbons (Fsp3) is 0.917. The minimum Gasteiger partial charge on any atom is -0.298 e. The number of carbonyl (C=O) groups excluding carboxylic acids is 1. The number of ketones is 1. The summed E-state index contributed by atoms with van der Waals surface area (Å²) in [4.78, 5) is 12.2. The zero-order valence-corrected chi connectivity index (χ0v) is 9.45. The second kappa shape index (κ2) is 5.08. The van der Waals surface area contributed by atoms with Gasteiger partial charge in [0.1, 0.15) is 0 Å². The first kappa shape index (κ1) is 11.1. The Kier molecular flexibility index (Phi) is 3.76. The molecule has 2 fully saturated rings. The van der Waals surface area contributed by atoms with Crippen LogP contribution in [-0.4, -0.2) is 23.4 Å². The molecule has 1 atom stereocenters. The molecule has 1 aliphatic carbocycles. The summed E-state index contributed by atoms with van der Waals surface area (Å²) in [6.07, 6.45) is 9.25. The van der Waals surface area contributed by atoms with Gasteiger partial charge in [0.25, 0.3) is 0 Å². The maximum absolute atomic E-state index is 12.2. The molecule has 0 amide bonds. The summed E-state index contributed by atoms with van der Waals surface area (Å²) in [5.41, 5.74) is 0. The van der Waals surface area contributed by atoms with E-state index in [1.54, 1.807) is 5.01 Å². The topological polar surface area (TPSA) is 46.3 Å². The van der Waals surface area contributed by atoms with Crippen molar-refractivity contribution in [3.63, 3.8) is 0 Å². The molecule has 2 N–H and O–H groups in total. The Morgan fingerprint density at radius 1 is 1.00 bits per heavy atom. The number of nitrogens with zero attached hydrogens (tertiary/aromatic N) is 1. The number of hydrogen-bond acceptors (Lipinski definition) is 3. The first-order valence-corrected chi connectivity index (χ1v) is 6.34. The van der Waals surface area contributed by atoms with Crippen molar-refractivity contribution in [2.75, 3.05) is 6.54 Å². The van der Waals surface area contributed by atoms with Crippen LogP contribution in [0.25, 0.3) is 0 Å². The fourth-order valence-corrected chi connectivity index (χ4v) is 2.92. The van der Waals surface area contributed by atoms with Crippen LogP contribution >= 0.6 is 0 Å². The highest BCUT2D eigenvalue weighted by Gasteiger charge is 2.32. The number of piperidine rings is 1. The fourth-order valence-electron chi connectivity index (χ4n) is 2.92. The zero-order chi connectivity index (χ0) is 10.7. The maximum Gasteiger partial charge on any atom is 0.154 e. The van der Waals surface area contributed by atoms with E-state index in [2.05, 4.69) is 0 Å². The zero-order valence-electron chi connectivity index (χ0n) is 9.45. The van der Waals surface area contributed by atoms with Gasteiger partial charge in [-0.15, -0.1) is 0 Å². The summed E-state index contributed by atoms with van der Waals surface area (Å²) in [7, 11) is 0. The molecule has 0 spiro atoms.